The summed E-state index contributed by atoms with van der Waals surface area (Å²) in [6.45, 7) is 3.78. The van der Waals surface area contributed by atoms with Crippen LogP contribution >= 0.6 is 11.8 Å². The lowest BCUT2D eigenvalue weighted by Crippen LogP contribution is -2.01. The fraction of sp³-hybridized carbons (Fsp3) is 0.158. The molecule has 0 fully saturated rings. The molecule has 0 aliphatic heterocycles. The summed E-state index contributed by atoms with van der Waals surface area (Å²) in [5, 5.41) is 9.58. The van der Waals surface area contributed by atoms with Crippen molar-refractivity contribution in [3.05, 3.63) is 61.2 Å². The zero-order valence-corrected chi connectivity index (χ0v) is 15.0. The molecule has 0 N–H and O–H groups in total. The van der Waals surface area contributed by atoms with Crippen molar-refractivity contribution in [2.24, 2.45) is 0 Å². The van der Waals surface area contributed by atoms with Gasteiger partial charge < -0.3 is 9.47 Å². The lowest BCUT2D eigenvalue weighted by atomic mass is 10.2. The Morgan fingerprint density at radius 3 is 2.48 bits per heavy atom. The zero-order chi connectivity index (χ0) is 17.6. The van der Waals surface area contributed by atoms with Crippen molar-refractivity contribution in [3.8, 4) is 28.6 Å². The maximum atomic E-state index is 5.49. The molecule has 0 bridgehead atoms. The highest BCUT2D eigenvalue weighted by atomic mass is 32.2. The van der Waals surface area contributed by atoms with E-state index in [1.54, 1.807) is 26.0 Å². The van der Waals surface area contributed by atoms with E-state index < -0.39 is 0 Å². The minimum absolute atomic E-state index is 0.731. The second kappa shape index (κ2) is 7.90. The molecule has 0 radical (unpaired) electrons. The standard InChI is InChI=1S/C19H19N3O2S/c1-4-13-25-19-21-20-18(16-7-5-6-8-17(16)24-3)22(19)14-9-11-15(23-2)12-10-14/h4-12H,1,13H2,2-3H3. The van der Waals surface area contributed by atoms with E-state index >= 15 is 0 Å². The molecule has 0 saturated carbocycles. The zero-order valence-electron chi connectivity index (χ0n) is 14.2. The Morgan fingerprint density at radius 2 is 1.80 bits per heavy atom. The van der Waals surface area contributed by atoms with E-state index in [2.05, 4.69) is 16.8 Å². The highest BCUT2D eigenvalue weighted by Crippen LogP contribution is 2.33. The lowest BCUT2D eigenvalue weighted by Gasteiger charge is -2.12. The number of hydrogen-bond donors (Lipinski definition) is 0. The Bertz CT molecular complexity index is 859. The van der Waals surface area contributed by atoms with Gasteiger partial charge in [0, 0.05) is 5.75 Å². The van der Waals surface area contributed by atoms with E-state index in [1.165, 1.54) is 0 Å². The first-order chi connectivity index (χ1) is 12.3. The third kappa shape index (κ3) is 3.53. The second-order valence-corrected chi connectivity index (χ2v) is 6.13. The van der Waals surface area contributed by atoms with Crippen LogP contribution in [0.25, 0.3) is 17.1 Å². The predicted octanol–water partition coefficient (Wildman–Crippen LogP) is 4.23. The SMILES string of the molecule is C=CCSc1nnc(-c2ccccc2OC)n1-c1ccc(OC)cc1. The number of benzene rings is 2. The first-order valence-corrected chi connectivity index (χ1v) is 8.74. The molecule has 0 atom stereocenters. The first-order valence-electron chi connectivity index (χ1n) is 7.75. The molecule has 128 valence electrons. The van der Waals surface area contributed by atoms with Crippen molar-refractivity contribution in [2.75, 3.05) is 20.0 Å². The summed E-state index contributed by atoms with van der Waals surface area (Å²) in [5.74, 6) is 3.04. The van der Waals surface area contributed by atoms with Gasteiger partial charge in [-0.3, -0.25) is 4.57 Å². The molecule has 6 heteroatoms. The Hall–Kier alpha value is -2.73. The summed E-state index contributed by atoms with van der Waals surface area (Å²) in [6, 6.07) is 15.6. The van der Waals surface area contributed by atoms with Gasteiger partial charge in [0.05, 0.1) is 25.5 Å². The molecule has 3 rings (SSSR count). The maximum Gasteiger partial charge on any atom is 0.196 e. The van der Waals surface area contributed by atoms with Crippen molar-refractivity contribution in [1.82, 2.24) is 14.8 Å². The van der Waals surface area contributed by atoms with E-state index in [9.17, 15) is 0 Å². The van der Waals surface area contributed by atoms with Crippen LogP contribution in [0.1, 0.15) is 0 Å². The first kappa shape index (κ1) is 17.1. The van der Waals surface area contributed by atoms with Crippen LogP contribution in [-0.4, -0.2) is 34.7 Å². The summed E-state index contributed by atoms with van der Waals surface area (Å²) in [5.41, 5.74) is 1.84. The van der Waals surface area contributed by atoms with E-state index in [-0.39, 0.29) is 0 Å². The molecular formula is C19H19N3O2S. The summed E-state index contributed by atoms with van der Waals surface area (Å²) < 4.78 is 12.8. The smallest absolute Gasteiger partial charge is 0.196 e. The molecule has 0 aliphatic carbocycles. The summed E-state index contributed by atoms with van der Waals surface area (Å²) in [6.07, 6.45) is 1.85. The van der Waals surface area contributed by atoms with Crippen LogP contribution < -0.4 is 9.47 Å². The van der Waals surface area contributed by atoms with Crippen molar-refractivity contribution in [1.29, 1.82) is 0 Å². The van der Waals surface area contributed by atoms with Crippen LogP contribution in [0.4, 0.5) is 0 Å². The molecule has 0 saturated heterocycles. The number of para-hydroxylation sites is 1. The van der Waals surface area contributed by atoms with E-state index in [0.29, 0.717) is 0 Å². The van der Waals surface area contributed by atoms with Gasteiger partial charge in [0.25, 0.3) is 0 Å². The van der Waals surface area contributed by atoms with E-state index in [0.717, 1.165) is 39.5 Å². The summed E-state index contributed by atoms with van der Waals surface area (Å²) >= 11 is 1.58. The van der Waals surface area contributed by atoms with Crippen molar-refractivity contribution in [3.63, 3.8) is 0 Å². The average Bonchev–Trinajstić information content (AvgIpc) is 3.10. The number of hydrogen-bond acceptors (Lipinski definition) is 5. The molecule has 1 aromatic heterocycles. The van der Waals surface area contributed by atoms with Crippen LogP contribution in [0.2, 0.25) is 0 Å². The van der Waals surface area contributed by atoms with Crippen LogP contribution in [-0.2, 0) is 0 Å². The summed E-state index contributed by atoms with van der Waals surface area (Å²) in [4.78, 5) is 0. The van der Waals surface area contributed by atoms with Gasteiger partial charge >= 0.3 is 0 Å². The number of nitrogens with zero attached hydrogens (tertiary/aromatic N) is 3. The molecule has 3 aromatic rings. The number of ether oxygens (including phenoxy) is 2. The molecule has 1 heterocycles. The van der Waals surface area contributed by atoms with Gasteiger partial charge in [-0.05, 0) is 36.4 Å². The topological polar surface area (TPSA) is 49.2 Å². The Kier molecular flexibility index (Phi) is 5.40. The van der Waals surface area contributed by atoms with E-state index in [4.69, 9.17) is 9.47 Å². The highest BCUT2D eigenvalue weighted by Gasteiger charge is 2.18. The molecule has 2 aromatic carbocycles. The Balaban J connectivity index is 2.15. The van der Waals surface area contributed by atoms with Gasteiger partial charge in [0.2, 0.25) is 0 Å². The minimum atomic E-state index is 0.731. The van der Waals surface area contributed by atoms with Crippen LogP contribution in [0, 0.1) is 0 Å². The quantitative estimate of drug-likeness (QED) is 0.470. The highest BCUT2D eigenvalue weighted by molar-refractivity contribution is 7.99. The van der Waals surface area contributed by atoms with Gasteiger partial charge in [-0.25, -0.2) is 0 Å². The van der Waals surface area contributed by atoms with Crippen LogP contribution in [0.15, 0.2) is 66.3 Å². The van der Waals surface area contributed by atoms with Gasteiger partial charge in [0.1, 0.15) is 11.5 Å². The van der Waals surface area contributed by atoms with Crippen molar-refractivity contribution in [2.45, 2.75) is 5.16 Å². The molecule has 0 unspecified atom stereocenters. The summed E-state index contributed by atoms with van der Waals surface area (Å²) in [7, 11) is 3.31. The number of thioether (sulfide) groups is 1. The molecule has 5 nitrogen and oxygen atoms in total. The normalized spacial score (nSPS) is 10.5. The van der Waals surface area contributed by atoms with Crippen LogP contribution in [0.3, 0.4) is 0 Å². The molecular weight excluding hydrogens is 334 g/mol. The number of rotatable bonds is 7. The van der Waals surface area contributed by atoms with Gasteiger partial charge in [0.15, 0.2) is 11.0 Å². The third-order valence-corrected chi connectivity index (χ3v) is 4.57. The Morgan fingerprint density at radius 1 is 1.04 bits per heavy atom. The van der Waals surface area contributed by atoms with Crippen LogP contribution in [0.5, 0.6) is 11.5 Å². The number of aromatic nitrogens is 3. The van der Waals surface area contributed by atoms with Gasteiger partial charge in [-0.2, -0.15) is 0 Å². The fourth-order valence-electron chi connectivity index (χ4n) is 2.46. The number of methoxy groups -OCH3 is 2. The van der Waals surface area contributed by atoms with Gasteiger partial charge in [-0.1, -0.05) is 30.0 Å². The second-order valence-electron chi connectivity index (χ2n) is 5.14. The molecule has 0 amide bonds. The molecule has 25 heavy (non-hydrogen) atoms. The molecule has 0 spiro atoms. The Labute approximate surface area is 151 Å². The van der Waals surface area contributed by atoms with Gasteiger partial charge in [-0.15, -0.1) is 16.8 Å². The fourth-order valence-corrected chi connectivity index (χ4v) is 3.15. The monoisotopic (exact) mass is 353 g/mol. The maximum absolute atomic E-state index is 5.49. The third-order valence-electron chi connectivity index (χ3n) is 3.64. The van der Waals surface area contributed by atoms with Crippen molar-refractivity contribution < 1.29 is 9.47 Å². The predicted molar refractivity (Wildman–Crippen MR) is 101 cm³/mol. The van der Waals surface area contributed by atoms with Crippen molar-refractivity contribution >= 4 is 11.8 Å². The largest absolute Gasteiger partial charge is 0.497 e. The minimum Gasteiger partial charge on any atom is -0.497 e. The lowest BCUT2D eigenvalue weighted by molar-refractivity contribution is 0.414. The van der Waals surface area contributed by atoms with E-state index in [1.807, 2.05) is 59.2 Å². The molecule has 0 aliphatic rings. The average molecular weight is 353 g/mol.